The van der Waals surface area contributed by atoms with Crippen LogP contribution >= 0.6 is 11.6 Å². The highest BCUT2D eigenvalue weighted by molar-refractivity contribution is 6.34. The van der Waals surface area contributed by atoms with Gasteiger partial charge in [0.25, 0.3) is 5.91 Å². The zero-order chi connectivity index (χ0) is 16.6. The Balaban J connectivity index is 2.02. The fourth-order valence-electron chi connectivity index (χ4n) is 2.59. The first kappa shape index (κ1) is 15.5. The van der Waals surface area contributed by atoms with Crippen molar-refractivity contribution in [3.63, 3.8) is 0 Å². The molecule has 0 unspecified atom stereocenters. The molecule has 1 amide bonds. The normalized spacial score (nSPS) is 10.8. The van der Waals surface area contributed by atoms with Crippen molar-refractivity contribution < 1.29 is 4.79 Å². The maximum atomic E-state index is 12.7. The van der Waals surface area contributed by atoms with Crippen LogP contribution in [0, 0.1) is 20.8 Å². The molecule has 1 heterocycles. The van der Waals surface area contributed by atoms with Gasteiger partial charge in [0.1, 0.15) is 0 Å². The third-order valence-electron chi connectivity index (χ3n) is 3.87. The van der Waals surface area contributed by atoms with Gasteiger partial charge in [-0.2, -0.15) is 0 Å². The van der Waals surface area contributed by atoms with E-state index in [2.05, 4.69) is 10.3 Å². The van der Waals surface area contributed by atoms with E-state index in [1.165, 1.54) is 0 Å². The molecule has 4 heteroatoms. The Kier molecular flexibility index (Phi) is 4.05. The maximum absolute atomic E-state index is 12.7. The van der Waals surface area contributed by atoms with Crippen molar-refractivity contribution in [2.75, 3.05) is 5.32 Å². The monoisotopic (exact) mass is 324 g/mol. The van der Waals surface area contributed by atoms with Crippen LogP contribution in [0.25, 0.3) is 10.9 Å². The molecular formula is C19H17ClN2O. The third-order valence-corrected chi connectivity index (χ3v) is 4.18. The minimum atomic E-state index is -0.199. The van der Waals surface area contributed by atoms with Gasteiger partial charge in [0.05, 0.1) is 27.5 Å². The second-order valence-electron chi connectivity index (χ2n) is 5.70. The van der Waals surface area contributed by atoms with E-state index in [4.69, 9.17) is 11.6 Å². The molecule has 0 fully saturated rings. The Morgan fingerprint density at radius 1 is 1.09 bits per heavy atom. The predicted molar refractivity (Wildman–Crippen MR) is 95.4 cm³/mol. The summed E-state index contributed by atoms with van der Waals surface area (Å²) in [6.07, 6.45) is 0. The molecular weight excluding hydrogens is 308 g/mol. The average molecular weight is 325 g/mol. The Labute approximate surface area is 140 Å². The molecule has 0 bridgehead atoms. The molecule has 116 valence electrons. The number of aryl methyl sites for hydroxylation is 3. The van der Waals surface area contributed by atoms with Gasteiger partial charge in [0.2, 0.25) is 0 Å². The predicted octanol–water partition coefficient (Wildman–Crippen LogP) is 5.07. The number of anilines is 1. The van der Waals surface area contributed by atoms with Gasteiger partial charge in [0, 0.05) is 5.39 Å². The first-order chi connectivity index (χ1) is 11.0. The van der Waals surface area contributed by atoms with Crippen molar-refractivity contribution in [1.29, 1.82) is 0 Å². The highest BCUT2D eigenvalue weighted by Gasteiger charge is 2.14. The van der Waals surface area contributed by atoms with Crippen molar-refractivity contribution in [1.82, 2.24) is 4.98 Å². The molecule has 0 spiro atoms. The van der Waals surface area contributed by atoms with Crippen LogP contribution in [0.4, 0.5) is 5.69 Å². The number of pyridine rings is 1. The molecule has 0 atom stereocenters. The van der Waals surface area contributed by atoms with Crippen LogP contribution in [-0.2, 0) is 0 Å². The second kappa shape index (κ2) is 6.01. The van der Waals surface area contributed by atoms with Gasteiger partial charge in [-0.3, -0.25) is 9.78 Å². The summed E-state index contributed by atoms with van der Waals surface area (Å²) >= 11 is 6.19. The smallest absolute Gasteiger partial charge is 0.257 e. The number of halogens is 1. The summed E-state index contributed by atoms with van der Waals surface area (Å²) in [4.78, 5) is 17.2. The molecule has 0 aliphatic heterocycles. The topological polar surface area (TPSA) is 42.0 Å². The quantitative estimate of drug-likeness (QED) is 0.715. The molecule has 3 nitrogen and oxygen atoms in total. The summed E-state index contributed by atoms with van der Waals surface area (Å²) in [5.41, 5.74) is 4.84. The number of rotatable bonds is 2. The van der Waals surface area contributed by atoms with Gasteiger partial charge in [-0.05, 0) is 50.6 Å². The molecule has 0 saturated carbocycles. The molecule has 3 aromatic rings. The number of nitrogens with one attached hydrogen (secondary N) is 1. The number of hydrogen-bond donors (Lipinski definition) is 1. The lowest BCUT2D eigenvalue weighted by atomic mass is 10.1. The fraction of sp³-hybridized carbons (Fsp3) is 0.158. The average Bonchev–Trinajstić information content (AvgIpc) is 2.50. The lowest BCUT2D eigenvalue weighted by Crippen LogP contribution is -2.15. The van der Waals surface area contributed by atoms with Gasteiger partial charge >= 0.3 is 0 Å². The molecule has 1 N–H and O–H groups in total. The summed E-state index contributed by atoms with van der Waals surface area (Å²) in [6.45, 7) is 5.77. The number of amides is 1. The second-order valence-corrected chi connectivity index (χ2v) is 6.11. The van der Waals surface area contributed by atoms with Crippen LogP contribution in [0.3, 0.4) is 0 Å². The van der Waals surface area contributed by atoms with Crippen molar-refractivity contribution in [3.05, 3.63) is 69.9 Å². The van der Waals surface area contributed by atoms with Crippen molar-refractivity contribution >= 4 is 34.1 Å². The molecule has 1 aromatic heterocycles. The number of para-hydroxylation sites is 1. The Morgan fingerprint density at radius 3 is 2.61 bits per heavy atom. The van der Waals surface area contributed by atoms with E-state index in [1.54, 1.807) is 6.07 Å². The zero-order valence-corrected chi connectivity index (χ0v) is 14.0. The van der Waals surface area contributed by atoms with Crippen molar-refractivity contribution in [3.8, 4) is 0 Å². The number of fused-ring (bicyclic) bond motifs is 1. The van der Waals surface area contributed by atoms with E-state index in [0.29, 0.717) is 22.0 Å². The summed E-state index contributed by atoms with van der Waals surface area (Å²) in [5.74, 6) is -0.199. The molecule has 0 saturated heterocycles. The van der Waals surface area contributed by atoms with Crippen LogP contribution in [0.2, 0.25) is 5.02 Å². The number of benzene rings is 2. The summed E-state index contributed by atoms with van der Waals surface area (Å²) in [6, 6.07) is 13.4. The zero-order valence-electron chi connectivity index (χ0n) is 13.3. The van der Waals surface area contributed by atoms with Crippen LogP contribution in [0.1, 0.15) is 27.2 Å². The minimum absolute atomic E-state index is 0.199. The minimum Gasteiger partial charge on any atom is -0.320 e. The third kappa shape index (κ3) is 3.06. The maximum Gasteiger partial charge on any atom is 0.257 e. The van der Waals surface area contributed by atoms with Crippen molar-refractivity contribution in [2.45, 2.75) is 20.8 Å². The largest absolute Gasteiger partial charge is 0.320 e. The van der Waals surface area contributed by atoms with Crippen LogP contribution in [-0.4, -0.2) is 10.9 Å². The Bertz CT molecular complexity index is 898. The van der Waals surface area contributed by atoms with Gasteiger partial charge in [-0.1, -0.05) is 35.4 Å². The Hall–Kier alpha value is -2.39. The lowest BCUT2D eigenvalue weighted by Gasteiger charge is -2.12. The molecule has 2 aromatic carbocycles. The number of carbonyl (C=O) groups is 1. The first-order valence-corrected chi connectivity index (χ1v) is 7.78. The summed E-state index contributed by atoms with van der Waals surface area (Å²) in [5, 5.41) is 4.39. The highest BCUT2D eigenvalue weighted by Crippen LogP contribution is 2.26. The van der Waals surface area contributed by atoms with E-state index in [0.717, 1.165) is 22.0 Å². The van der Waals surface area contributed by atoms with Crippen LogP contribution < -0.4 is 5.32 Å². The summed E-state index contributed by atoms with van der Waals surface area (Å²) < 4.78 is 0. The molecule has 3 rings (SSSR count). The first-order valence-electron chi connectivity index (χ1n) is 7.40. The Morgan fingerprint density at radius 2 is 1.87 bits per heavy atom. The standard InChI is InChI=1S/C19H17ClN2O/c1-11-7-8-17-14(9-11)10-15(13(3)21-17)19(23)22-18-12(2)5-4-6-16(18)20/h4-10H,1-3H3,(H,22,23). The van der Waals surface area contributed by atoms with E-state index >= 15 is 0 Å². The molecule has 0 radical (unpaired) electrons. The van der Waals surface area contributed by atoms with Gasteiger partial charge < -0.3 is 5.32 Å². The SMILES string of the molecule is Cc1ccc2nc(C)c(C(=O)Nc3c(C)cccc3Cl)cc2c1. The van der Waals surface area contributed by atoms with Crippen molar-refractivity contribution in [2.24, 2.45) is 0 Å². The van der Waals surface area contributed by atoms with E-state index in [-0.39, 0.29) is 5.91 Å². The lowest BCUT2D eigenvalue weighted by molar-refractivity contribution is 0.102. The number of carbonyl (C=O) groups excluding carboxylic acids is 1. The molecule has 0 aliphatic carbocycles. The van der Waals surface area contributed by atoms with Crippen LogP contribution in [0.5, 0.6) is 0 Å². The highest BCUT2D eigenvalue weighted by atomic mass is 35.5. The number of aromatic nitrogens is 1. The van der Waals surface area contributed by atoms with E-state index in [1.807, 2.05) is 57.2 Å². The fourth-order valence-corrected chi connectivity index (χ4v) is 2.86. The molecule has 0 aliphatic rings. The van der Waals surface area contributed by atoms with Gasteiger partial charge in [-0.25, -0.2) is 0 Å². The van der Waals surface area contributed by atoms with Crippen LogP contribution in [0.15, 0.2) is 42.5 Å². The van der Waals surface area contributed by atoms with Gasteiger partial charge in [0.15, 0.2) is 0 Å². The number of nitrogens with zero attached hydrogens (tertiary/aromatic N) is 1. The van der Waals surface area contributed by atoms with Gasteiger partial charge in [-0.15, -0.1) is 0 Å². The van der Waals surface area contributed by atoms with E-state index in [9.17, 15) is 4.79 Å². The number of hydrogen-bond acceptors (Lipinski definition) is 2. The summed E-state index contributed by atoms with van der Waals surface area (Å²) in [7, 11) is 0. The van der Waals surface area contributed by atoms with E-state index < -0.39 is 0 Å². The molecule has 23 heavy (non-hydrogen) atoms.